The molecule has 3 heterocycles. The molecule has 1 aromatic heterocycles. The molecule has 5 rings (SSSR count). The van der Waals surface area contributed by atoms with Crippen LogP contribution < -0.4 is 4.74 Å². The number of nitrogens with zero attached hydrogens (tertiary/aromatic N) is 3. The van der Waals surface area contributed by atoms with Crippen LogP contribution in [0, 0.1) is 11.8 Å². The van der Waals surface area contributed by atoms with Crippen LogP contribution in [0.25, 0.3) is 10.9 Å². The smallest absolute Gasteiger partial charge is 0.433 e. The van der Waals surface area contributed by atoms with E-state index in [0.29, 0.717) is 46.0 Å². The zero-order chi connectivity index (χ0) is 29.3. The van der Waals surface area contributed by atoms with E-state index in [1.165, 1.54) is 19.2 Å². The molecule has 220 valence electrons. The molecule has 2 fully saturated rings. The normalized spacial score (nSPS) is 20.9. The highest BCUT2D eigenvalue weighted by Gasteiger charge is 2.36. The zero-order valence-corrected chi connectivity index (χ0v) is 24.1. The number of halogens is 5. The van der Waals surface area contributed by atoms with Crippen LogP contribution in [0.4, 0.5) is 13.2 Å². The van der Waals surface area contributed by atoms with Crippen molar-refractivity contribution < 1.29 is 27.8 Å². The van der Waals surface area contributed by atoms with Crippen molar-refractivity contribution in [3.63, 3.8) is 0 Å². The topological polar surface area (TPSA) is 65.9 Å². The lowest BCUT2D eigenvalue weighted by Crippen LogP contribution is -2.52. The fraction of sp³-hybridized carbons (Fsp3) is 0.467. The van der Waals surface area contributed by atoms with Crippen molar-refractivity contribution in [3.8, 4) is 5.75 Å². The van der Waals surface area contributed by atoms with Gasteiger partial charge in [-0.1, -0.05) is 29.3 Å². The molecule has 11 heteroatoms. The lowest BCUT2D eigenvalue weighted by molar-refractivity contribution is -0.140. The Balaban J connectivity index is 1.23. The van der Waals surface area contributed by atoms with Crippen LogP contribution in [0.2, 0.25) is 10.0 Å². The molecule has 2 saturated heterocycles. The number of benzene rings is 2. The molecule has 2 atom stereocenters. The Hall–Kier alpha value is -2.59. The van der Waals surface area contributed by atoms with Gasteiger partial charge in [-0.05, 0) is 86.0 Å². The molecule has 41 heavy (non-hydrogen) atoms. The van der Waals surface area contributed by atoms with Crippen molar-refractivity contribution in [2.75, 3.05) is 39.9 Å². The molecule has 0 saturated carbocycles. The largest absolute Gasteiger partial charge is 0.494 e. The van der Waals surface area contributed by atoms with E-state index in [2.05, 4.69) is 9.88 Å². The third-order valence-corrected chi connectivity index (χ3v) is 9.21. The van der Waals surface area contributed by atoms with Gasteiger partial charge in [0, 0.05) is 43.2 Å². The van der Waals surface area contributed by atoms with E-state index < -0.39 is 11.9 Å². The Morgan fingerprint density at radius 2 is 1.78 bits per heavy atom. The first-order valence-corrected chi connectivity index (χ1v) is 14.5. The zero-order valence-electron chi connectivity index (χ0n) is 22.6. The summed E-state index contributed by atoms with van der Waals surface area (Å²) in [6, 6.07) is 11.3. The molecule has 2 aromatic carbocycles. The summed E-state index contributed by atoms with van der Waals surface area (Å²) in [5, 5.41) is 11.6. The number of likely N-dealkylation sites (tertiary alicyclic amines) is 2. The summed E-state index contributed by atoms with van der Waals surface area (Å²) in [5.41, 5.74) is 0.403. The van der Waals surface area contributed by atoms with E-state index in [1.54, 1.807) is 11.0 Å². The standard InChI is InChI=1S/C30H32Cl2F3N3O3/c1-41-26-6-3-23(22-4-7-27(30(33,34)35)36-28(22)26)29(40)37-12-9-21(10-13-37)38-11-8-19(20(16-38)17-39)14-18-2-5-24(31)25(32)15-18/h2-7,15,19-21,39H,8-14,16-17H2,1H3/t19?,20-/m0/s1. The molecule has 1 N–H and O–H groups in total. The Bertz CT molecular complexity index is 1410. The van der Waals surface area contributed by atoms with Gasteiger partial charge in [0.15, 0.2) is 0 Å². The lowest BCUT2D eigenvalue weighted by Gasteiger charge is -2.44. The van der Waals surface area contributed by atoms with Gasteiger partial charge in [0.05, 0.1) is 17.2 Å². The highest BCUT2D eigenvalue weighted by atomic mass is 35.5. The number of rotatable bonds is 6. The number of aromatic nitrogens is 1. The van der Waals surface area contributed by atoms with E-state index >= 15 is 0 Å². The number of aliphatic hydroxyl groups excluding tert-OH is 1. The first kappa shape index (κ1) is 29.9. The van der Waals surface area contributed by atoms with Crippen molar-refractivity contribution in [2.24, 2.45) is 11.8 Å². The monoisotopic (exact) mass is 609 g/mol. The summed E-state index contributed by atoms with van der Waals surface area (Å²) in [6.45, 7) is 2.89. The molecule has 2 aliphatic rings. The summed E-state index contributed by atoms with van der Waals surface area (Å²) in [5.74, 6) is 0.427. The number of methoxy groups -OCH3 is 1. The number of carbonyl (C=O) groups is 1. The predicted molar refractivity (Wildman–Crippen MR) is 153 cm³/mol. The Kier molecular flexibility index (Phi) is 8.99. The van der Waals surface area contributed by atoms with Gasteiger partial charge in [0.1, 0.15) is 17.0 Å². The first-order chi connectivity index (χ1) is 19.6. The molecule has 0 aliphatic carbocycles. The van der Waals surface area contributed by atoms with Crippen LogP contribution in [0.3, 0.4) is 0 Å². The van der Waals surface area contributed by atoms with E-state index in [-0.39, 0.29) is 29.7 Å². The minimum Gasteiger partial charge on any atom is -0.494 e. The third kappa shape index (κ3) is 6.43. The SMILES string of the molecule is COc1ccc(C(=O)N2CCC(N3CCC(Cc4ccc(Cl)c(Cl)c4)[C@H](CO)C3)CC2)c2ccc(C(F)(F)F)nc12. The summed E-state index contributed by atoms with van der Waals surface area (Å²) in [4.78, 5) is 21.5. The maximum atomic E-state index is 13.5. The molecule has 6 nitrogen and oxygen atoms in total. The molecule has 0 spiro atoms. The van der Waals surface area contributed by atoms with Crippen LogP contribution in [0.15, 0.2) is 42.5 Å². The van der Waals surface area contributed by atoms with Gasteiger partial charge >= 0.3 is 6.18 Å². The van der Waals surface area contributed by atoms with Crippen LogP contribution >= 0.6 is 23.2 Å². The van der Waals surface area contributed by atoms with E-state index in [4.69, 9.17) is 27.9 Å². The summed E-state index contributed by atoms with van der Waals surface area (Å²) < 4.78 is 45.1. The average Bonchev–Trinajstić information content (AvgIpc) is 2.97. The van der Waals surface area contributed by atoms with Crippen LogP contribution in [-0.2, 0) is 12.6 Å². The number of aliphatic hydroxyl groups is 1. The van der Waals surface area contributed by atoms with E-state index in [1.807, 2.05) is 18.2 Å². The highest BCUT2D eigenvalue weighted by molar-refractivity contribution is 6.42. The number of piperidine rings is 2. The molecule has 1 unspecified atom stereocenters. The summed E-state index contributed by atoms with van der Waals surface area (Å²) >= 11 is 12.3. The molecule has 2 aliphatic heterocycles. The first-order valence-electron chi connectivity index (χ1n) is 13.7. The lowest BCUT2D eigenvalue weighted by atomic mass is 9.80. The van der Waals surface area contributed by atoms with E-state index in [9.17, 15) is 23.1 Å². The van der Waals surface area contributed by atoms with Gasteiger partial charge in [-0.2, -0.15) is 13.2 Å². The number of ether oxygens (including phenoxy) is 1. The molecule has 1 amide bonds. The van der Waals surface area contributed by atoms with Crippen molar-refractivity contribution in [3.05, 3.63) is 69.3 Å². The highest BCUT2D eigenvalue weighted by Crippen LogP contribution is 2.35. The predicted octanol–water partition coefficient (Wildman–Crippen LogP) is 6.35. The van der Waals surface area contributed by atoms with Crippen molar-refractivity contribution in [2.45, 2.75) is 37.9 Å². The quantitative estimate of drug-likeness (QED) is 0.353. The number of alkyl halides is 3. The number of carbonyl (C=O) groups excluding carboxylic acids is 1. The maximum Gasteiger partial charge on any atom is 0.433 e. The second-order valence-corrected chi connectivity index (χ2v) is 11.7. The van der Waals surface area contributed by atoms with Crippen molar-refractivity contribution >= 4 is 40.0 Å². The minimum absolute atomic E-state index is 0.0156. The third-order valence-electron chi connectivity index (χ3n) is 8.47. The van der Waals surface area contributed by atoms with Gasteiger partial charge in [0.2, 0.25) is 0 Å². The molecule has 0 radical (unpaired) electrons. The fourth-order valence-electron chi connectivity index (χ4n) is 6.19. The second kappa shape index (κ2) is 12.3. The molecular weight excluding hydrogens is 578 g/mol. The average molecular weight is 611 g/mol. The molecular formula is C30H32Cl2F3N3O3. The summed E-state index contributed by atoms with van der Waals surface area (Å²) in [6.07, 6.45) is -1.25. The number of hydrogen-bond acceptors (Lipinski definition) is 5. The van der Waals surface area contributed by atoms with Crippen LogP contribution in [0.1, 0.15) is 40.9 Å². The number of pyridine rings is 1. The second-order valence-electron chi connectivity index (χ2n) is 10.9. The summed E-state index contributed by atoms with van der Waals surface area (Å²) in [7, 11) is 1.36. The Morgan fingerprint density at radius 3 is 2.44 bits per heavy atom. The molecule has 0 bridgehead atoms. The Morgan fingerprint density at radius 1 is 1.02 bits per heavy atom. The number of hydrogen-bond donors (Lipinski definition) is 1. The van der Waals surface area contributed by atoms with Gasteiger partial charge in [-0.3, -0.25) is 9.69 Å². The number of fused-ring (bicyclic) bond motifs is 1. The maximum absolute atomic E-state index is 13.5. The minimum atomic E-state index is -4.60. The van der Waals surface area contributed by atoms with E-state index in [0.717, 1.165) is 50.4 Å². The van der Waals surface area contributed by atoms with Crippen molar-refractivity contribution in [1.82, 2.24) is 14.8 Å². The van der Waals surface area contributed by atoms with Crippen LogP contribution in [0.5, 0.6) is 5.75 Å². The van der Waals surface area contributed by atoms with Gasteiger partial charge < -0.3 is 14.7 Å². The molecule has 3 aromatic rings. The fourth-order valence-corrected chi connectivity index (χ4v) is 6.51. The van der Waals surface area contributed by atoms with Crippen molar-refractivity contribution in [1.29, 1.82) is 0 Å². The van der Waals surface area contributed by atoms with Gasteiger partial charge in [0.25, 0.3) is 5.91 Å². The van der Waals surface area contributed by atoms with Gasteiger partial charge in [-0.25, -0.2) is 4.98 Å². The van der Waals surface area contributed by atoms with Crippen LogP contribution in [-0.4, -0.2) is 71.7 Å². The number of amides is 1. The Labute approximate surface area is 247 Å². The van der Waals surface area contributed by atoms with Gasteiger partial charge in [-0.15, -0.1) is 0 Å².